The average Bonchev–Trinajstić information content (AvgIpc) is 3.81. The van der Waals surface area contributed by atoms with Gasteiger partial charge in [0.15, 0.2) is 0 Å². The number of aryl methyl sites for hydroxylation is 1. The number of nitrogens with zero attached hydrogens (tertiary/aromatic N) is 8. The number of fused-ring (bicyclic) bond motifs is 1. The molecule has 2 amide bonds. The third-order valence-corrected chi connectivity index (χ3v) is 13.5. The van der Waals surface area contributed by atoms with Crippen LogP contribution in [0.25, 0.3) is 11.0 Å². The Kier molecular flexibility index (Phi) is 12.4. The Bertz CT molecular complexity index is 2040. The number of piperidine rings is 3. The minimum absolute atomic E-state index is 0.0596. The van der Waals surface area contributed by atoms with E-state index < -0.39 is 23.5 Å². The molecule has 3 aliphatic heterocycles. The number of nitrogens with one attached hydrogen (secondary N) is 1. The zero-order valence-electron chi connectivity index (χ0n) is 32.0. The second-order valence-electron chi connectivity index (χ2n) is 15.4. The second kappa shape index (κ2) is 17.4. The van der Waals surface area contributed by atoms with Crippen LogP contribution in [0.15, 0.2) is 49.9 Å². The van der Waals surface area contributed by atoms with Crippen LogP contribution in [0.1, 0.15) is 99.8 Å². The van der Waals surface area contributed by atoms with Gasteiger partial charge in [0, 0.05) is 64.0 Å². The molecule has 0 spiro atoms. The van der Waals surface area contributed by atoms with Gasteiger partial charge in [-0.05, 0) is 94.6 Å². The minimum Gasteiger partial charge on any atom is -0.578 e. The molecule has 15 nitrogen and oxygen atoms in total. The standard InChI is InChI=1S/C39H54N10O5S/c1-44(55(54)47-23-17-29(18-24-47)41-25-28-11-14-35(51)48(37(28)42-26-40)30-7-3-4-8-30)19-6-20-46-21-15-27(16-22-46)31-9-5-10-32-36(31)45(2)39(53)49(32)33-12-13-34(50)43-38(33)52/h5,9-11,14,25-27,29-30,33H,3-4,6-8,12-13,15-24H2,1-2H3,(H2,40,42)(H,43,50,52). The maximum Gasteiger partial charge on any atom is 0.329 e. The molecule has 2 atom stereocenters. The summed E-state index contributed by atoms with van der Waals surface area (Å²) in [5.74, 6) is 0.140. The molecule has 0 radical (unpaired) electrons. The van der Waals surface area contributed by atoms with Crippen molar-refractivity contribution in [1.29, 1.82) is 0 Å². The molecular formula is C39H54N10O5S. The van der Waals surface area contributed by atoms with Crippen molar-refractivity contribution in [2.75, 3.05) is 46.3 Å². The minimum atomic E-state index is -1.23. The van der Waals surface area contributed by atoms with Crippen LogP contribution in [-0.2, 0) is 28.2 Å². The first-order valence-corrected chi connectivity index (χ1v) is 20.9. The molecule has 2 aromatic heterocycles. The molecule has 4 fully saturated rings. The van der Waals surface area contributed by atoms with Crippen molar-refractivity contribution in [1.82, 2.24) is 32.5 Å². The van der Waals surface area contributed by atoms with Crippen LogP contribution >= 0.6 is 0 Å². The van der Waals surface area contributed by atoms with E-state index >= 15 is 0 Å². The van der Waals surface area contributed by atoms with E-state index in [1.807, 2.05) is 34.0 Å². The van der Waals surface area contributed by atoms with E-state index in [9.17, 15) is 23.7 Å². The number of imide groups is 1. The van der Waals surface area contributed by atoms with E-state index in [1.165, 1.54) is 6.34 Å². The summed E-state index contributed by atoms with van der Waals surface area (Å²) in [6.07, 6.45) is 12.2. The van der Waals surface area contributed by atoms with Gasteiger partial charge in [-0.15, -0.1) is 8.61 Å². The summed E-state index contributed by atoms with van der Waals surface area (Å²) in [7, 11) is 3.69. The lowest BCUT2D eigenvalue weighted by Gasteiger charge is -2.34. The van der Waals surface area contributed by atoms with Gasteiger partial charge >= 0.3 is 5.69 Å². The lowest BCUT2D eigenvalue weighted by Crippen LogP contribution is -2.47. The third-order valence-electron chi connectivity index (χ3n) is 12.0. The summed E-state index contributed by atoms with van der Waals surface area (Å²) in [5, 5.41) is 2.39. The molecule has 4 aliphatic rings. The van der Waals surface area contributed by atoms with Gasteiger partial charge in [0.1, 0.15) is 23.4 Å². The Labute approximate surface area is 324 Å². The zero-order valence-corrected chi connectivity index (χ0v) is 32.8. The quantitative estimate of drug-likeness (QED) is 0.121. The molecule has 3 N–H and O–H groups in total. The number of para-hydroxylation sites is 1. The Morgan fingerprint density at radius 1 is 0.964 bits per heavy atom. The number of amides is 2. The fourth-order valence-electron chi connectivity index (χ4n) is 9.00. The normalized spacial score (nSPS) is 22.2. The molecule has 16 heteroatoms. The Morgan fingerprint density at radius 2 is 1.71 bits per heavy atom. The monoisotopic (exact) mass is 774 g/mol. The van der Waals surface area contributed by atoms with Crippen molar-refractivity contribution in [2.24, 2.45) is 22.8 Å². The smallest absolute Gasteiger partial charge is 0.329 e. The van der Waals surface area contributed by atoms with Gasteiger partial charge in [0.25, 0.3) is 5.56 Å². The Hall–Kier alpha value is -4.09. The molecule has 0 bridgehead atoms. The topological polar surface area (TPSA) is 179 Å². The lowest BCUT2D eigenvalue weighted by atomic mass is 9.88. The van der Waals surface area contributed by atoms with Gasteiger partial charge in [-0.2, -0.15) is 0 Å². The van der Waals surface area contributed by atoms with Crippen LogP contribution in [0.3, 0.4) is 0 Å². The number of carbonyl (C=O) groups is 2. The SMILES string of the molecule is CN(CCCN1CCC(c2cccc3c2n(C)c(=O)n3C2CCC(=O)NC2=O)CC1)[S+]([O-])N1CCC(N=Cc2ccc(=O)n(C3CCCC3)c2N=CN)CC1. The first-order chi connectivity index (χ1) is 26.6. The lowest BCUT2D eigenvalue weighted by molar-refractivity contribution is -0.135. The molecule has 3 aromatic rings. The number of likely N-dealkylation sites (tertiary alicyclic amines) is 1. The highest BCUT2D eigenvalue weighted by Gasteiger charge is 2.34. The van der Waals surface area contributed by atoms with E-state index in [0.717, 1.165) is 106 Å². The van der Waals surface area contributed by atoms with Crippen molar-refractivity contribution in [3.63, 3.8) is 0 Å². The first kappa shape index (κ1) is 39.2. The number of pyridine rings is 1. The van der Waals surface area contributed by atoms with E-state index in [2.05, 4.69) is 21.3 Å². The number of nitrogens with two attached hydrogens (primary N) is 1. The van der Waals surface area contributed by atoms with Crippen LogP contribution in [0.2, 0.25) is 0 Å². The molecule has 1 aliphatic carbocycles. The van der Waals surface area contributed by atoms with Gasteiger partial charge in [-0.25, -0.2) is 9.79 Å². The highest BCUT2D eigenvalue weighted by molar-refractivity contribution is 7.86. The van der Waals surface area contributed by atoms with Gasteiger partial charge < -0.3 is 15.2 Å². The molecule has 2 unspecified atom stereocenters. The van der Waals surface area contributed by atoms with Crippen molar-refractivity contribution in [3.8, 4) is 0 Å². The number of imidazole rings is 1. The number of rotatable bonds is 12. The van der Waals surface area contributed by atoms with Crippen LogP contribution in [0.4, 0.5) is 5.82 Å². The van der Waals surface area contributed by atoms with Crippen molar-refractivity contribution in [3.05, 3.63) is 62.3 Å². The van der Waals surface area contributed by atoms with Gasteiger partial charge in [-0.1, -0.05) is 25.0 Å². The molecule has 296 valence electrons. The highest BCUT2D eigenvalue weighted by Crippen LogP contribution is 2.35. The largest absolute Gasteiger partial charge is 0.578 e. The molecule has 1 aromatic carbocycles. The van der Waals surface area contributed by atoms with Crippen molar-refractivity contribution >= 4 is 52.8 Å². The number of hydrogen-bond donors (Lipinski definition) is 2. The number of benzene rings is 1. The maximum absolute atomic E-state index is 13.5. The molecule has 55 heavy (non-hydrogen) atoms. The predicted molar refractivity (Wildman–Crippen MR) is 215 cm³/mol. The summed E-state index contributed by atoms with van der Waals surface area (Å²) in [6, 6.07) is 8.88. The van der Waals surface area contributed by atoms with Crippen LogP contribution in [0, 0.1) is 0 Å². The number of aromatic nitrogens is 3. The average molecular weight is 775 g/mol. The summed E-state index contributed by atoms with van der Waals surface area (Å²) < 4.78 is 22.4. The van der Waals surface area contributed by atoms with E-state index in [4.69, 9.17) is 10.7 Å². The molecule has 7 rings (SSSR count). The Morgan fingerprint density at radius 3 is 2.42 bits per heavy atom. The molecule has 1 saturated carbocycles. The fraction of sp³-hybridized carbons (Fsp3) is 0.590. The fourth-order valence-corrected chi connectivity index (χ4v) is 10.2. The number of hydrogen-bond acceptors (Lipinski definition) is 10. The van der Waals surface area contributed by atoms with Gasteiger partial charge in [-0.3, -0.25) is 38.4 Å². The molecule has 5 heterocycles. The predicted octanol–water partition coefficient (Wildman–Crippen LogP) is 2.88. The second-order valence-corrected chi connectivity index (χ2v) is 17.0. The van der Waals surface area contributed by atoms with Crippen LogP contribution in [-0.4, -0.2) is 108 Å². The van der Waals surface area contributed by atoms with E-state index in [-0.39, 0.29) is 35.7 Å². The first-order valence-electron chi connectivity index (χ1n) is 19.8. The van der Waals surface area contributed by atoms with E-state index in [0.29, 0.717) is 31.2 Å². The van der Waals surface area contributed by atoms with Crippen LogP contribution in [0.5, 0.6) is 0 Å². The van der Waals surface area contributed by atoms with Crippen molar-refractivity contribution in [2.45, 2.75) is 94.7 Å². The van der Waals surface area contributed by atoms with Gasteiger partial charge in [0.05, 0.1) is 23.4 Å². The highest BCUT2D eigenvalue weighted by atomic mass is 32.2. The Balaban J connectivity index is 0.874. The summed E-state index contributed by atoms with van der Waals surface area (Å²) in [4.78, 5) is 62.3. The summed E-state index contributed by atoms with van der Waals surface area (Å²) in [6.45, 7) is 4.90. The maximum atomic E-state index is 13.5. The van der Waals surface area contributed by atoms with E-state index in [1.54, 1.807) is 32.9 Å². The third kappa shape index (κ3) is 8.38. The van der Waals surface area contributed by atoms with Crippen LogP contribution < -0.4 is 22.3 Å². The van der Waals surface area contributed by atoms with Gasteiger partial charge in [0.2, 0.25) is 11.8 Å². The number of aliphatic imine (C=N–C) groups is 2. The molecular weight excluding hydrogens is 721 g/mol. The number of carbonyl (C=O) groups excluding carboxylic acids is 2. The van der Waals surface area contributed by atoms with Crippen molar-refractivity contribution < 1.29 is 14.1 Å². The summed E-state index contributed by atoms with van der Waals surface area (Å²) in [5.41, 5.74) is 8.90. The summed E-state index contributed by atoms with van der Waals surface area (Å²) >= 11 is -1.23. The zero-order chi connectivity index (χ0) is 38.6. The molecule has 3 saturated heterocycles.